The van der Waals surface area contributed by atoms with Gasteiger partial charge in [-0.05, 0) is 39.7 Å². The van der Waals surface area contributed by atoms with Gasteiger partial charge in [-0.2, -0.15) is 0 Å². The number of rotatable bonds is 1. The highest BCUT2D eigenvalue weighted by Crippen LogP contribution is 2.33. The van der Waals surface area contributed by atoms with E-state index in [1.54, 1.807) is 0 Å². The molecule has 16 heavy (non-hydrogen) atoms. The van der Waals surface area contributed by atoms with Crippen molar-refractivity contribution in [2.45, 2.75) is 38.2 Å². The molecule has 0 unspecified atom stereocenters. The van der Waals surface area contributed by atoms with E-state index < -0.39 is 0 Å². The second kappa shape index (κ2) is 4.62. The first-order chi connectivity index (χ1) is 7.59. The number of piperazine rings is 1. The molecule has 0 spiro atoms. The number of hydrogen-bond donors (Lipinski definition) is 0. The van der Waals surface area contributed by atoms with E-state index in [4.69, 9.17) is 4.74 Å². The van der Waals surface area contributed by atoms with Gasteiger partial charge in [-0.1, -0.05) is 0 Å². The van der Waals surface area contributed by atoms with Gasteiger partial charge in [0.25, 0.3) is 0 Å². The van der Waals surface area contributed by atoms with Crippen molar-refractivity contribution in [2.75, 3.05) is 33.2 Å². The second-order valence-electron chi connectivity index (χ2n) is 5.32. The first-order valence-electron chi connectivity index (χ1n) is 6.26. The van der Waals surface area contributed by atoms with Crippen molar-refractivity contribution in [3.63, 3.8) is 0 Å². The lowest BCUT2D eigenvalue weighted by Crippen LogP contribution is -2.49. The molecule has 92 valence electrons. The monoisotopic (exact) mass is 226 g/mol. The van der Waals surface area contributed by atoms with Crippen molar-refractivity contribution in [1.29, 1.82) is 0 Å². The van der Waals surface area contributed by atoms with E-state index >= 15 is 0 Å². The SMILES string of the molecule is CN1CCN(C(=O)OC2(C)CCCC2)CC1. The topological polar surface area (TPSA) is 32.8 Å². The van der Waals surface area contributed by atoms with Crippen molar-refractivity contribution in [3.05, 3.63) is 0 Å². The smallest absolute Gasteiger partial charge is 0.410 e. The fourth-order valence-electron chi connectivity index (χ4n) is 2.49. The molecule has 0 bridgehead atoms. The Bertz CT molecular complexity index is 254. The Labute approximate surface area is 97.5 Å². The fraction of sp³-hybridized carbons (Fsp3) is 0.917. The third-order valence-corrected chi connectivity index (χ3v) is 3.76. The van der Waals surface area contributed by atoms with Crippen molar-refractivity contribution >= 4 is 6.09 Å². The van der Waals surface area contributed by atoms with Gasteiger partial charge < -0.3 is 14.5 Å². The number of carbonyl (C=O) groups excluding carboxylic acids is 1. The highest BCUT2D eigenvalue weighted by molar-refractivity contribution is 5.68. The van der Waals surface area contributed by atoms with Crippen LogP contribution in [0.1, 0.15) is 32.6 Å². The molecule has 4 nitrogen and oxygen atoms in total. The van der Waals surface area contributed by atoms with E-state index in [0.717, 1.165) is 39.0 Å². The third kappa shape index (κ3) is 2.67. The van der Waals surface area contributed by atoms with E-state index in [2.05, 4.69) is 18.9 Å². The molecule has 4 heteroatoms. The van der Waals surface area contributed by atoms with Crippen LogP contribution in [0.25, 0.3) is 0 Å². The van der Waals surface area contributed by atoms with E-state index in [1.807, 2.05) is 4.90 Å². The molecule has 1 aliphatic carbocycles. The lowest BCUT2D eigenvalue weighted by molar-refractivity contribution is -0.000407. The number of amides is 1. The van der Waals surface area contributed by atoms with Crippen molar-refractivity contribution < 1.29 is 9.53 Å². The Morgan fingerprint density at radius 3 is 2.25 bits per heavy atom. The molecule has 2 aliphatic rings. The van der Waals surface area contributed by atoms with Crippen LogP contribution in [0.15, 0.2) is 0 Å². The maximum atomic E-state index is 12.0. The largest absolute Gasteiger partial charge is 0.443 e. The van der Waals surface area contributed by atoms with Gasteiger partial charge in [0.2, 0.25) is 0 Å². The van der Waals surface area contributed by atoms with Gasteiger partial charge in [-0.25, -0.2) is 4.79 Å². The van der Waals surface area contributed by atoms with Crippen LogP contribution < -0.4 is 0 Å². The molecular weight excluding hydrogens is 204 g/mol. The maximum absolute atomic E-state index is 12.0. The molecule has 2 rings (SSSR count). The summed E-state index contributed by atoms with van der Waals surface area (Å²) < 4.78 is 5.64. The first-order valence-corrected chi connectivity index (χ1v) is 6.26. The molecule has 0 aromatic carbocycles. The quantitative estimate of drug-likeness (QED) is 0.682. The summed E-state index contributed by atoms with van der Waals surface area (Å²) in [6.45, 7) is 5.56. The van der Waals surface area contributed by atoms with Gasteiger partial charge in [0.1, 0.15) is 5.60 Å². The maximum Gasteiger partial charge on any atom is 0.410 e. The van der Waals surface area contributed by atoms with Crippen LogP contribution in [-0.4, -0.2) is 54.7 Å². The molecule has 0 atom stereocenters. The van der Waals surface area contributed by atoms with Gasteiger partial charge in [0.15, 0.2) is 0 Å². The van der Waals surface area contributed by atoms with Crippen LogP contribution in [0.3, 0.4) is 0 Å². The fourth-order valence-corrected chi connectivity index (χ4v) is 2.49. The average Bonchev–Trinajstić information content (AvgIpc) is 2.65. The number of likely N-dealkylation sites (N-methyl/N-ethyl adjacent to an activating group) is 1. The van der Waals surface area contributed by atoms with Crippen molar-refractivity contribution in [1.82, 2.24) is 9.80 Å². The normalized spacial score (nSPS) is 25.8. The number of carbonyl (C=O) groups is 1. The van der Waals surface area contributed by atoms with E-state index in [0.29, 0.717) is 0 Å². The Morgan fingerprint density at radius 1 is 1.12 bits per heavy atom. The van der Waals surface area contributed by atoms with Crippen LogP contribution in [0.4, 0.5) is 4.79 Å². The van der Waals surface area contributed by atoms with Crippen LogP contribution >= 0.6 is 0 Å². The van der Waals surface area contributed by atoms with Gasteiger partial charge in [-0.3, -0.25) is 0 Å². The third-order valence-electron chi connectivity index (χ3n) is 3.76. The minimum absolute atomic E-state index is 0.113. The minimum atomic E-state index is -0.194. The van der Waals surface area contributed by atoms with Gasteiger partial charge >= 0.3 is 6.09 Å². The van der Waals surface area contributed by atoms with Crippen molar-refractivity contribution in [3.8, 4) is 0 Å². The molecule has 1 aliphatic heterocycles. The molecular formula is C12H22N2O2. The Kier molecular flexibility index (Phi) is 3.38. The Balaban J connectivity index is 1.83. The van der Waals surface area contributed by atoms with Crippen LogP contribution in [-0.2, 0) is 4.74 Å². The molecule has 0 aromatic heterocycles. The predicted molar refractivity (Wildman–Crippen MR) is 62.4 cm³/mol. The molecule has 0 N–H and O–H groups in total. The molecule has 2 fully saturated rings. The number of hydrogen-bond acceptors (Lipinski definition) is 3. The minimum Gasteiger partial charge on any atom is -0.443 e. The van der Waals surface area contributed by atoms with E-state index in [-0.39, 0.29) is 11.7 Å². The van der Waals surface area contributed by atoms with Crippen LogP contribution in [0, 0.1) is 0 Å². The summed E-state index contributed by atoms with van der Waals surface area (Å²) >= 11 is 0. The average molecular weight is 226 g/mol. The van der Waals surface area contributed by atoms with Gasteiger partial charge in [0.05, 0.1) is 0 Å². The van der Waals surface area contributed by atoms with Gasteiger partial charge in [-0.15, -0.1) is 0 Å². The summed E-state index contributed by atoms with van der Waals surface area (Å²) in [4.78, 5) is 16.0. The Hall–Kier alpha value is -0.770. The molecule has 1 saturated heterocycles. The van der Waals surface area contributed by atoms with Crippen LogP contribution in [0.2, 0.25) is 0 Å². The van der Waals surface area contributed by atoms with E-state index in [9.17, 15) is 4.79 Å². The molecule has 0 radical (unpaired) electrons. The standard InChI is InChI=1S/C12H22N2O2/c1-12(5-3-4-6-12)16-11(15)14-9-7-13(2)8-10-14/h3-10H2,1-2H3. The molecule has 0 aromatic rings. The summed E-state index contributed by atoms with van der Waals surface area (Å²) in [6, 6.07) is 0. The van der Waals surface area contributed by atoms with Gasteiger partial charge in [0, 0.05) is 26.2 Å². The van der Waals surface area contributed by atoms with E-state index in [1.165, 1.54) is 12.8 Å². The number of ether oxygens (including phenoxy) is 1. The predicted octanol–water partition coefficient (Wildman–Crippen LogP) is 1.70. The summed E-state index contributed by atoms with van der Waals surface area (Å²) in [5.74, 6) is 0. The summed E-state index contributed by atoms with van der Waals surface area (Å²) in [7, 11) is 2.08. The summed E-state index contributed by atoms with van der Waals surface area (Å²) in [5, 5.41) is 0. The summed E-state index contributed by atoms with van der Waals surface area (Å²) in [5.41, 5.74) is -0.194. The lowest BCUT2D eigenvalue weighted by atomic mass is 10.1. The second-order valence-corrected chi connectivity index (χ2v) is 5.32. The molecule has 1 amide bonds. The van der Waals surface area contributed by atoms with Crippen LogP contribution in [0.5, 0.6) is 0 Å². The molecule has 1 saturated carbocycles. The summed E-state index contributed by atoms with van der Waals surface area (Å²) in [6.07, 6.45) is 4.30. The van der Waals surface area contributed by atoms with Crippen molar-refractivity contribution in [2.24, 2.45) is 0 Å². The Morgan fingerprint density at radius 2 is 1.69 bits per heavy atom. The highest BCUT2D eigenvalue weighted by atomic mass is 16.6. The highest BCUT2D eigenvalue weighted by Gasteiger charge is 2.34. The first kappa shape index (κ1) is 11.7. The number of nitrogens with zero attached hydrogens (tertiary/aromatic N) is 2. The molecule has 1 heterocycles. The zero-order valence-electron chi connectivity index (χ0n) is 10.4. The zero-order chi connectivity index (χ0) is 11.6. The zero-order valence-corrected chi connectivity index (χ0v) is 10.4. The lowest BCUT2D eigenvalue weighted by Gasteiger charge is -2.34.